The zero-order chi connectivity index (χ0) is 20.3. The fourth-order valence-electron chi connectivity index (χ4n) is 2.64. The minimum atomic E-state index is -0.328. The molecule has 2 heterocycles. The van der Waals surface area contributed by atoms with E-state index in [1.165, 1.54) is 16.6 Å². The zero-order valence-corrected chi connectivity index (χ0v) is 18.8. The summed E-state index contributed by atoms with van der Waals surface area (Å²) in [4.78, 5) is 13.9. The lowest BCUT2D eigenvalue weighted by Crippen LogP contribution is -2.33. The van der Waals surface area contributed by atoms with Crippen LogP contribution in [-0.4, -0.2) is 25.9 Å². The third-order valence-electron chi connectivity index (χ3n) is 4.28. The monoisotopic (exact) mass is 454 g/mol. The van der Waals surface area contributed by atoms with Crippen LogP contribution < -0.4 is 5.32 Å². The molecule has 0 aliphatic carbocycles. The predicted octanol–water partition coefficient (Wildman–Crippen LogP) is 5.13. The van der Waals surface area contributed by atoms with E-state index in [1.54, 1.807) is 23.5 Å². The van der Waals surface area contributed by atoms with Gasteiger partial charge in [0.05, 0.1) is 11.3 Å². The number of carbonyl (C=O) groups excluding carboxylic acids is 1. The van der Waals surface area contributed by atoms with Crippen molar-refractivity contribution in [3.8, 4) is 0 Å². The first-order valence-corrected chi connectivity index (χ1v) is 11.2. The number of halogens is 2. The molecule has 2 aromatic heterocycles. The average Bonchev–Trinajstić information content (AvgIpc) is 3.27. The van der Waals surface area contributed by atoms with Gasteiger partial charge in [-0.3, -0.25) is 4.79 Å². The normalized spacial score (nSPS) is 13.3. The Balaban J connectivity index is 1.62. The molecule has 2 atom stereocenters. The minimum Gasteiger partial charge on any atom is -0.349 e. The van der Waals surface area contributed by atoms with E-state index in [-0.39, 0.29) is 17.2 Å². The molecule has 0 radical (unpaired) electrons. The van der Waals surface area contributed by atoms with Crippen LogP contribution in [0.2, 0.25) is 10.0 Å². The van der Waals surface area contributed by atoms with Gasteiger partial charge >= 0.3 is 0 Å². The van der Waals surface area contributed by atoms with Crippen LogP contribution in [0, 0.1) is 0 Å². The maximum atomic E-state index is 12.6. The molecule has 3 rings (SSSR count). The number of nitrogens with one attached hydrogen (secondary N) is 1. The third kappa shape index (κ3) is 5.08. The summed E-state index contributed by atoms with van der Waals surface area (Å²) in [6.45, 7) is 3.75. The van der Waals surface area contributed by atoms with E-state index in [0.717, 1.165) is 17.8 Å². The van der Waals surface area contributed by atoms with E-state index >= 15 is 0 Å². The lowest BCUT2D eigenvalue weighted by molar-refractivity contribution is -0.120. The molecule has 1 N–H and O–H groups in total. The van der Waals surface area contributed by atoms with Crippen LogP contribution in [0.15, 0.2) is 40.9 Å². The van der Waals surface area contributed by atoms with Gasteiger partial charge in [-0.15, -0.1) is 21.5 Å². The molecular formula is C19H20Cl2N4OS2. The van der Waals surface area contributed by atoms with Gasteiger partial charge in [0.2, 0.25) is 5.91 Å². The highest BCUT2D eigenvalue weighted by molar-refractivity contribution is 8.00. The summed E-state index contributed by atoms with van der Waals surface area (Å²) in [5.41, 5.74) is 0.827. The fourth-order valence-corrected chi connectivity index (χ4v) is 4.76. The fraction of sp³-hybridized carbons (Fsp3) is 0.316. The summed E-state index contributed by atoms with van der Waals surface area (Å²) in [5.74, 6) is 0.783. The van der Waals surface area contributed by atoms with Gasteiger partial charge in [-0.25, -0.2) is 0 Å². The molecule has 148 valence electrons. The number of aromatic nitrogens is 3. The van der Waals surface area contributed by atoms with Crippen LogP contribution in [0.3, 0.4) is 0 Å². The molecular weight excluding hydrogens is 435 g/mol. The van der Waals surface area contributed by atoms with Crippen LogP contribution in [-0.2, 0) is 18.3 Å². The largest absolute Gasteiger partial charge is 0.349 e. The molecule has 0 fully saturated rings. The molecule has 0 aliphatic heterocycles. The first-order valence-electron chi connectivity index (χ1n) is 8.67. The van der Waals surface area contributed by atoms with Gasteiger partial charge in [0, 0.05) is 28.4 Å². The average molecular weight is 455 g/mol. The van der Waals surface area contributed by atoms with Crippen LogP contribution >= 0.6 is 46.3 Å². The molecule has 1 aromatic carbocycles. The standard InChI is InChI=1S/C19H20Cl2N4OS2/c1-11(15-7-6-13(20)9-16(15)21)22-18(26)12(2)28-19-24-23-17(25(19)3)10-14-5-4-8-27-14/h4-9,11-12H,10H2,1-3H3,(H,22,26)/t11-,12-/m1/s1. The van der Waals surface area contributed by atoms with Crippen LogP contribution in [0.25, 0.3) is 0 Å². The quantitative estimate of drug-likeness (QED) is 0.502. The number of thiophene rings is 1. The number of benzene rings is 1. The molecule has 1 amide bonds. The zero-order valence-electron chi connectivity index (χ0n) is 15.6. The second-order valence-corrected chi connectivity index (χ2v) is 9.55. The molecule has 9 heteroatoms. The Hall–Kier alpha value is -1.54. The Kier molecular flexibility index (Phi) is 7.04. The molecule has 0 unspecified atom stereocenters. The molecule has 3 aromatic rings. The first-order chi connectivity index (χ1) is 13.3. The molecule has 0 aliphatic rings. The Morgan fingerprint density at radius 2 is 2.07 bits per heavy atom. The topological polar surface area (TPSA) is 59.8 Å². The lowest BCUT2D eigenvalue weighted by Gasteiger charge is -2.18. The van der Waals surface area contributed by atoms with Crippen molar-refractivity contribution in [2.75, 3.05) is 0 Å². The molecule has 0 saturated heterocycles. The van der Waals surface area contributed by atoms with Gasteiger partial charge in [0.25, 0.3) is 0 Å². The Bertz CT molecular complexity index is 959. The van der Waals surface area contributed by atoms with Crippen molar-refractivity contribution in [2.24, 2.45) is 7.05 Å². The molecule has 5 nitrogen and oxygen atoms in total. The third-order valence-corrected chi connectivity index (χ3v) is 6.85. The summed E-state index contributed by atoms with van der Waals surface area (Å²) < 4.78 is 1.94. The van der Waals surface area contributed by atoms with Crippen molar-refractivity contribution in [2.45, 2.75) is 36.7 Å². The van der Waals surface area contributed by atoms with E-state index in [9.17, 15) is 4.79 Å². The lowest BCUT2D eigenvalue weighted by atomic mass is 10.1. The first kappa shape index (κ1) is 21.2. The van der Waals surface area contributed by atoms with Crippen molar-refractivity contribution in [1.29, 1.82) is 0 Å². The second-order valence-electron chi connectivity index (χ2n) is 6.37. The van der Waals surface area contributed by atoms with E-state index in [4.69, 9.17) is 23.2 Å². The van der Waals surface area contributed by atoms with Crippen LogP contribution in [0.1, 0.15) is 36.2 Å². The van der Waals surface area contributed by atoms with E-state index in [2.05, 4.69) is 21.6 Å². The molecule has 0 saturated carbocycles. The molecule has 0 spiro atoms. The van der Waals surface area contributed by atoms with Crippen LogP contribution in [0.4, 0.5) is 0 Å². The number of rotatable bonds is 7. The van der Waals surface area contributed by atoms with E-state index in [0.29, 0.717) is 15.2 Å². The second kappa shape index (κ2) is 9.31. The van der Waals surface area contributed by atoms with E-state index in [1.807, 2.05) is 43.0 Å². The van der Waals surface area contributed by atoms with Crippen molar-refractivity contribution in [1.82, 2.24) is 20.1 Å². The van der Waals surface area contributed by atoms with Crippen molar-refractivity contribution >= 4 is 52.2 Å². The predicted molar refractivity (Wildman–Crippen MR) is 116 cm³/mol. The SMILES string of the molecule is C[C@@H](Sc1nnc(Cc2cccs2)n1C)C(=O)N[C@H](C)c1ccc(Cl)cc1Cl. The van der Waals surface area contributed by atoms with Gasteiger partial charge in [0.15, 0.2) is 5.16 Å². The molecule has 0 bridgehead atoms. The summed E-state index contributed by atoms with van der Waals surface area (Å²) >= 11 is 15.2. The maximum absolute atomic E-state index is 12.6. The van der Waals surface area contributed by atoms with Gasteiger partial charge in [0.1, 0.15) is 5.82 Å². The smallest absolute Gasteiger partial charge is 0.233 e. The number of amides is 1. The number of thioether (sulfide) groups is 1. The van der Waals surface area contributed by atoms with Crippen molar-refractivity contribution < 1.29 is 4.79 Å². The highest BCUT2D eigenvalue weighted by Gasteiger charge is 2.21. The Morgan fingerprint density at radius 3 is 2.75 bits per heavy atom. The number of nitrogens with zero attached hydrogens (tertiary/aromatic N) is 3. The summed E-state index contributed by atoms with van der Waals surface area (Å²) in [5, 5.41) is 15.0. The number of hydrogen-bond acceptors (Lipinski definition) is 5. The maximum Gasteiger partial charge on any atom is 0.233 e. The highest BCUT2D eigenvalue weighted by atomic mass is 35.5. The van der Waals surface area contributed by atoms with Crippen LogP contribution in [0.5, 0.6) is 0 Å². The van der Waals surface area contributed by atoms with Gasteiger partial charge < -0.3 is 9.88 Å². The van der Waals surface area contributed by atoms with E-state index < -0.39 is 0 Å². The highest BCUT2D eigenvalue weighted by Crippen LogP contribution is 2.27. The summed E-state index contributed by atoms with van der Waals surface area (Å²) in [7, 11) is 1.92. The summed E-state index contributed by atoms with van der Waals surface area (Å²) in [6, 6.07) is 9.13. The Morgan fingerprint density at radius 1 is 1.29 bits per heavy atom. The van der Waals surface area contributed by atoms with Crippen molar-refractivity contribution in [3.05, 3.63) is 62.0 Å². The molecule has 28 heavy (non-hydrogen) atoms. The Labute approximate surface area is 182 Å². The van der Waals surface area contributed by atoms with Gasteiger partial charge in [-0.05, 0) is 43.0 Å². The number of hydrogen-bond donors (Lipinski definition) is 1. The summed E-state index contributed by atoms with van der Waals surface area (Å²) in [6.07, 6.45) is 0.731. The van der Waals surface area contributed by atoms with Gasteiger partial charge in [-0.1, -0.05) is 47.1 Å². The van der Waals surface area contributed by atoms with Gasteiger partial charge in [-0.2, -0.15) is 0 Å². The van der Waals surface area contributed by atoms with Crippen molar-refractivity contribution in [3.63, 3.8) is 0 Å². The minimum absolute atomic E-state index is 0.0914. The number of carbonyl (C=O) groups is 1.